The van der Waals surface area contributed by atoms with Gasteiger partial charge in [0, 0.05) is 29.9 Å². The van der Waals surface area contributed by atoms with Crippen molar-refractivity contribution in [1.82, 2.24) is 0 Å². The number of carbonyl (C=O) groups is 3. The lowest BCUT2D eigenvalue weighted by Gasteiger charge is -2.24. The Morgan fingerprint density at radius 3 is 2.33 bits per heavy atom. The molecular formula is C26H26FNO7S. The molecule has 0 atom stereocenters. The number of sulfonamides is 1. The first-order valence-corrected chi connectivity index (χ1v) is 13.4. The summed E-state index contributed by atoms with van der Waals surface area (Å²) in [6, 6.07) is 8.81. The average Bonchev–Trinajstić information content (AvgIpc) is 3.60. The smallest absolute Gasteiger partial charge is 0.303 e. The Labute approximate surface area is 207 Å². The zero-order valence-electron chi connectivity index (χ0n) is 19.9. The SMILES string of the molecule is CCC(=O)c1c(-c2ccc(F)cc2)oc2cc(N(CC(=O)CCC(=O)O)S(C)(=O)=O)c(C3CC3)cc12. The molecule has 0 amide bonds. The number of aliphatic carboxylic acids is 1. The van der Waals surface area contributed by atoms with Gasteiger partial charge in [0.2, 0.25) is 10.0 Å². The van der Waals surface area contributed by atoms with E-state index in [1.165, 1.54) is 30.3 Å². The molecule has 1 heterocycles. The molecule has 2 aromatic carbocycles. The summed E-state index contributed by atoms with van der Waals surface area (Å²) < 4.78 is 46.1. The number of halogens is 1. The maximum Gasteiger partial charge on any atom is 0.303 e. The van der Waals surface area contributed by atoms with Crippen molar-refractivity contribution < 1.29 is 36.7 Å². The Balaban J connectivity index is 1.89. The van der Waals surface area contributed by atoms with Crippen molar-refractivity contribution in [3.8, 4) is 11.3 Å². The van der Waals surface area contributed by atoms with E-state index in [0.717, 1.165) is 23.4 Å². The van der Waals surface area contributed by atoms with Crippen LogP contribution < -0.4 is 4.31 Å². The van der Waals surface area contributed by atoms with E-state index in [9.17, 15) is 27.2 Å². The third-order valence-electron chi connectivity index (χ3n) is 6.17. The molecule has 1 fully saturated rings. The molecule has 0 spiro atoms. The number of hydrogen-bond donors (Lipinski definition) is 1. The Kier molecular flexibility index (Phi) is 6.99. The van der Waals surface area contributed by atoms with Crippen LogP contribution in [0.1, 0.15) is 60.9 Å². The van der Waals surface area contributed by atoms with Crippen molar-refractivity contribution in [1.29, 1.82) is 0 Å². The second-order valence-corrected chi connectivity index (χ2v) is 10.9. The number of carboxylic acid groups (broad SMARTS) is 1. The van der Waals surface area contributed by atoms with Gasteiger partial charge in [-0.15, -0.1) is 0 Å². The highest BCUT2D eigenvalue weighted by molar-refractivity contribution is 7.92. The van der Waals surface area contributed by atoms with Crippen LogP contribution in [-0.4, -0.2) is 43.9 Å². The molecule has 0 saturated heterocycles. The normalized spacial score (nSPS) is 13.6. The summed E-state index contributed by atoms with van der Waals surface area (Å²) in [5.74, 6) is -1.97. The first kappa shape index (κ1) is 25.6. The predicted octanol–water partition coefficient (Wildman–Crippen LogP) is 4.91. The van der Waals surface area contributed by atoms with Crippen LogP contribution in [0, 0.1) is 5.82 Å². The maximum absolute atomic E-state index is 13.5. The largest absolute Gasteiger partial charge is 0.481 e. The molecule has 0 aliphatic heterocycles. The zero-order valence-corrected chi connectivity index (χ0v) is 20.7. The molecule has 3 aromatic rings. The predicted molar refractivity (Wildman–Crippen MR) is 132 cm³/mol. The van der Waals surface area contributed by atoms with Crippen LogP contribution in [0.3, 0.4) is 0 Å². The minimum absolute atomic E-state index is 0.0523. The van der Waals surface area contributed by atoms with Gasteiger partial charge in [0.05, 0.1) is 30.5 Å². The molecular weight excluding hydrogens is 489 g/mol. The average molecular weight is 516 g/mol. The van der Waals surface area contributed by atoms with Crippen LogP contribution >= 0.6 is 0 Å². The Morgan fingerprint density at radius 1 is 1.11 bits per heavy atom. The highest BCUT2D eigenvalue weighted by Gasteiger charge is 2.33. The molecule has 1 aromatic heterocycles. The van der Waals surface area contributed by atoms with Gasteiger partial charge in [-0.3, -0.25) is 18.7 Å². The molecule has 36 heavy (non-hydrogen) atoms. The summed E-state index contributed by atoms with van der Waals surface area (Å²) in [5, 5.41) is 9.40. The molecule has 4 rings (SSSR count). The van der Waals surface area contributed by atoms with Crippen molar-refractivity contribution in [2.75, 3.05) is 17.1 Å². The fraction of sp³-hybridized carbons (Fsp3) is 0.346. The third kappa shape index (κ3) is 5.33. The van der Waals surface area contributed by atoms with E-state index in [1.807, 2.05) is 0 Å². The minimum Gasteiger partial charge on any atom is -0.481 e. The first-order valence-electron chi connectivity index (χ1n) is 11.6. The van der Waals surface area contributed by atoms with Crippen molar-refractivity contribution in [3.63, 3.8) is 0 Å². The van der Waals surface area contributed by atoms with Gasteiger partial charge in [0.15, 0.2) is 11.6 Å². The molecule has 1 N–H and O–H groups in total. The highest BCUT2D eigenvalue weighted by atomic mass is 32.2. The van der Waals surface area contributed by atoms with E-state index >= 15 is 0 Å². The quantitative estimate of drug-likeness (QED) is 0.360. The summed E-state index contributed by atoms with van der Waals surface area (Å²) in [7, 11) is -3.91. The van der Waals surface area contributed by atoms with Crippen LogP contribution in [0.15, 0.2) is 40.8 Å². The highest BCUT2D eigenvalue weighted by Crippen LogP contribution is 2.48. The Morgan fingerprint density at radius 2 is 1.78 bits per heavy atom. The summed E-state index contributed by atoms with van der Waals surface area (Å²) in [6.07, 6.45) is 2.14. The summed E-state index contributed by atoms with van der Waals surface area (Å²) in [4.78, 5) is 36.3. The molecule has 0 radical (unpaired) electrons. The van der Waals surface area contributed by atoms with E-state index in [4.69, 9.17) is 9.52 Å². The number of nitrogens with zero attached hydrogens (tertiary/aromatic N) is 1. The van der Waals surface area contributed by atoms with Gasteiger partial charge in [-0.05, 0) is 54.7 Å². The standard InChI is InChI=1S/C26H26FNO7S/c1-3-22(30)25-20-12-19(15-4-5-15)21(28(36(2,33)34)14-18(29)10-11-24(31)32)13-23(20)35-26(25)16-6-8-17(27)9-7-16/h6-9,12-13,15H,3-5,10-11,14H2,1-2H3,(H,31,32). The monoisotopic (exact) mass is 515 g/mol. The number of rotatable bonds is 11. The van der Waals surface area contributed by atoms with Crippen LogP contribution in [0.2, 0.25) is 0 Å². The van der Waals surface area contributed by atoms with Gasteiger partial charge in [-0.1, -0.05) is 6.92 Å². The third-order valence-corrected chi connectivity index (χ3v) is 7.29. The van der Waals surface area contributed by atoms with E-state index < -0.39 is 40.6 Å². The molecule has 8 nitrogen and oxygen atoms in total. The lowest BCUT2D eigenvalue weighted by Crippen LogP contribution is -2.35. The van der Waals surface area contributed by atoms with Crippen molar-refractivity contribution in [3.05, 3.63) is 53.3 Å². The van der Waals surface area contributed by atoms with Crippen molar-refractivity contribution >= 4 is 44.2 Å². The number of carbonyl (C=O) groups excluding carboxylic acids is 2. The van der Waals surface area contributed by atoms with Gasteiger partial charge in [0.1, 0.15) is 17.2 Å². The van der Waals surface area contributed by atoms with Gasteiger partial charge in [0.25, 0.3) is 0 Å². The first-order chi connectivity index (χ1) is 17.0. The van der Waals surface area contributed by atoms with E-state index in [1.54, 1.807) is 13.0 Å². The van der Waals surface area contributed by atoms with Crippen LogP contribution in [0.4, 0.5) is 10.1 Å². The Bertz CT molecular complexity index is 1450. The number of ketones is 2. The molecule has 0 bridgehead atoms. The van der Waals surface area contributed by atoms with E-state index in [2.05, 4.69) is 0 Å². The van der Waals surface area contributed by atoms with Gasteiger partial charge >= 0.3 is 5.97 Å². The number of furan rings is 1. The molecule has 0 unspecified atom stereocenters. The number of hydrogen-bond acceptors (Lipinski definition) is 6. The number of anilines is 1. The second-order valence-electron chi connectivity index (χ2n) is 8.97. The molecule has 10 heteroatoms. The fourth-order valence-corrected chi connectivity index (χ4v) is 5.10. The summed E-state index contributed by atoms with van der Waals surface area (Å²) >= 11 is 0. The number of Topliss-reactive ketones (excluding diaryl/α,β-unsaturated/α-hetero) is 2. The second kappa shape index (κ2) is 9.85. The number of carboxylic acids is 1. The fourth-order valence-electron chi connectivity index (χ4n) is 4.21. The number of fused-ring (bicyclic) bond motifs is 1. The van der Waals surface area contributed by atoms with Crippen LogP contribution in [0.25, 0.3) is 22.3 Å². The van der Waals surface area contributed by atoms with Crippen molar-refractivity contribution in [2.24, 2.45) is 0 Å². The maximum atomic E-state index is 13.5. The summed E-state index contributed by atoms with van der Waals surface area (Å²) in [5.41, 5.74) is 2.05. The van der Waals surface area contributed by atoms with Gasteiger partial charge < -0.3 is 9.52 Å². The van der Waals surface area contributed by atoms with Crippen molar-refractivity contribution in [2.45, 2.75) is 44.9 Å². The van der Waals surface area contributed by atoms with Gasteiger partial charge in [-0.2, -0.15) is 0 Å². The molecule has 1 aliphatic carbocycles. The van der Waals surface area contributed by atoms with E-state index in [-0.39, 0.29) is 41.6 Å². The van der Waals surface area contributed by atoms with Crippen LogP contribution in [-0.2, 0) is 19.6 Å². The van der Waals surface area contributed by atoms with E-state index in [0.29, 0.717) is 22.1 Å². The lowest BCUT2D eigenvalue weighted by molar-refractivity contribution is -0.138. The zero-order chi connectivity index (χ0) is 26.2. The van der Waals surface area contributed by atoms with Crippen LogP contribution in [0.5, 0.6) is 0 Å². The van der Waals surface area contributed by atoms with Gasteiger partial charge in [-0.25, -0.2) is 12.8 Å². The summed E-state index contributed by atoms with van der Waals surface area (Å²) in [6.45, 7) is 1.21. The lowest BCUT2D eigenvalue weighted by atomic mass is 9.97. The topological polar surface area (TPSA) is 122 Å². The number of benzene rings is 2. The molecule has 1 saturated carbocycles. The molecule has 190 valence electrons. The Hall–Kier alpha value is -3.53. The molecule has 1 aliphatic rings. The minimum atomic E-state index is -3.91.